The zero-order valence-electron chi connectivity index (χ0n) is 17.4. The van der Waals surface area contributed by atoms with Crippen LogP contribution >= 0.6 is 0 Å². The van der Waals surface area contributed by atoms with Crippen LogP contribution in [0.3, 0.4) is 0 Å². The lowest BCUT2D eigenvalue weighted by Gasteiger charge is -2.36. The predicted octanol–water partition coefficient (Wildman–Crippen LogP) is 3.99. The summed E-state index contributed by atoms with van der Waals surface area (Å²) in [6.45, 7) is 4.41. The van der Waals surface area contributed by atoms with Crippen molar-refractivity contribution in [2.24, 2.45) is 0 Å². The quantitative estimate of drug-likeness (QED) is 0.608. The van der Waals surface area contributed by atoms with Gasteiger partial charge in [0.2, 0.25) is 9.84 Å². The summed E-state index contributed by atoms with van der Waals surface area (Å²) in [5.74, 6) is 0.657. The lowest BCUT2D eigenvalue weighted by Crippen LogP contribution is -2.42. The zero-order chi connectivity index (χ0) is 21.3. The van der Waals surface area contributed by atoms with Gasteiger partial charge in [0.1, 0.15) is 12.4 Å². The van der Waals surface area contributed by atoms with Crippen LogP contribution in [0, 0.1) is 0 Å². The van der Waals surface area contributed by atoms with Gasteiger partial charge in [-0.05, 0) is 36.2 Å². The minimum atomic E-state index is -3.56. The van der Waals surface area contributed by atoms with Crippen molar-refractivity contribution in [1.29, 1.82) is 0 Å². The van der Waals surface area contributed by atoms with Gasteiger partial charge in [-0.3, -0.25) is 4.90 Å². The molecule has 0 bridgehead atoms. The van der Waals surface area contributed by atoms with Gasteiger partial charge >= 0.3 is 0 Å². The van der Waals surface area contributed by atoms with Crippen molar-refractivity contribution >= 4 is 15.5 Å². The van der Waals surface area contributed by atoms with Gasteiger partial charge in [0.25, 0.3) is 0 Å². The van der Waals surface area contributed by atoms with Crippen LogP contribution in [0.25, 0.3) is 0 Å². The molecule has 2 aliphatic heterocycles. The SMILES string of the molecule is O=S(=O)(c1ccccc1)c1ccc2c(c1)OCCN2C1CCN(Cc2ccccc2)C1. The fourth-order valence-electron chi connectivity index (χ4n) is 4.56. The van der Waals surface area contributed by atoms with Crippen molar-refractivity contribution < 1.29 is 13.2 Å². The Morgan fingerprint density at radius 3 is 2.39 bits per heavy atom. The maximum absolute atomic E-state index is 13.0. The highest BCUT2D eigenvalue weighted by Crippen LogP contribution is 2.37. The van der Waals surface area contributed by atoms with Gasteiger partial charge in [0.05, 0.1) is 22.0 Å². The molecule has 1 saturated heterocycles. The summed E-state index contributed by atoms with van der Waals surface area (Å²) in [6.07, 6.45) is 1.09. The monoisotopic (exact) mass is 434 g/mol. The van der Waals surface area contributed by atoms with E-state index in [1.165, 1.54) is 5.56 Å². The molecule has 0 radical (unpaired) electrons. The van der Waals surface area contributed by atoms with E-state index in [0.717, 1.165) is 38.3 Å². The minimum Gasteiger partial charge on any atom is -0.490 e. The average Bonchev–Trinajstić information content (AvgIpc) is 3.27. The molecule has 1 unspecified atom stereocenters. The van der Waals surface area contributed by atoms with Gasteiger partial charge in [-0.15, -0.1) is 0 Å². The molecule has 0 spiro atoms. The summed E-state index contributed by atoms with van der Waals surface area (Å²) in [7, 11) is -3.56. The lowest BCUT2D eigenvalue weighted by molar-refractivity contribution is 0.291. The Morgan fingerprint density at radius 2 is 1.61 bits per heavy atom. The molecule has 0 saturated carbocycles. The standard InChI is InChI=1S/C25H26N2O3S/c28-31(29,22-9-5-2-6-10-22)23-11-12-24-25(17-23)30-16-15-27(24)21-13-14-26(19-21)18-20-7-3-1-4-8-20/h1-12,17,21H,13-16,18-19H2. The number of nitrogens with zero attached hydrogens (tertiary/aromatic N) is 2. The average molecular weight is 435 g/mol. The fraction of sp³-hybridized carbons (Fsp3) is 0.280. The topological polar surface area (TPSA) is 49.9 Å². The van der Waals surface area contributed by atoms with Crippen LogP contribution in [-0.4, -0.2) is 45.6 Å². The summed E-state index contributed by atoms with van der Waals surface area (Å²) < 4.78 is 31.9. The summed E-state index contributed by atoms with van der Waals surface area (Å²) in [5.41, 5.74) is 2.33. The highest BCUT2D eigenvalue weighted by Gasteiger charge is 2.32. The maximum Gasteiger partial charge on any atom is 0.206 e. The van der Waals surface area contributed by atoms with Crippen molar-refractivity contribution in [2.75, 3.05) is 31.1 Å². The second-order valence-electron chi connectivity index (χ2n) is 8.15. The molecule has 1 fully saturated rings. The number of sulfone groups is 1. The molecule has 3 aromatic rings. The van der Waals surface area contributed by atoms with Crippen molar-refractivity contribution in [2.45, 2.75) is 28.8 Å². The summed E-state index contributed by atoms with van der Waals surface area (Å²) in [5, 5.41) is 0. The summed E-state index contributed by atoms with van der Waals surface area (Å²) in [4.78, 5) is 5.46. The van der Waals surface area contributed by atoms with E-state index < -0.39 is 9.84 Å². The van der Waals surface area contributed by atoms with E-state index >= 15 is 0 Å². The first-order chi connectivity index (χ1) is 15.1. The van der Waals surface area contributed by atoms with E-state index in [1.54, 1.807) is 36.4 Å². The molecule has 2 heterocycles. The van der Waals surface area contributed by atoms with Crippen LogP contribution in [0.4, 0.5) is 5.69 Å². The summed E-state index contributed by atoms with van der Waals surface area (Å²) >= 11 is 0. The first kappa shape index (κ1) is 20.1. The Kier molecular flexibility index (Phi) is 5.42. The molecule has 2 aliphatic rings. The number of hydrogen-bond donors (Lipinski definition) is 0. The van der Waals surface area contributed by atoms with Crippen LogP contribution in [0.1, 0.15) is 12.0 Å². The van der Waals surface area contributed by atoms with Crippen LogP contribution < -0.4 is 9.64 Å². The number of likely N-dealkylation sites (tertiary alicyclic amines) is 1. The molecule has 3 aromatic carbocycles. The third-order valence-corrected chi connectivity index (χ3v) is 7.90. The molecule has 5 rings (SSSR count). The fourth-order valence-corrected chi connectivity index (χ4v) is 5.85. The molecule has 31 heavy (non-hydrogen) atoms. The van der Waals surface area contributed by atoms with Gasteiger partial charge in [-0.25, -0.2) is 8.42 Å². The third-order valence-electron chi connectivity index (χ3n) is 6.13. The van der Waals surface area contributed by atoms with E-state index in [9.17, 15) is 8.42 Å². The number of hydrogen-bond acceptors (Lipinski definition) is 5. The number of ether oxygens (including phenoxy) is 1. The van der Waals surface area contributed by atoms with E-state index in [-0.39, 0.29) is 4.90 Å². The van der Waals surface area contributed by atoms with Gasteiger partial charge in [0, 0.05) is 31.7 Å². The van der Waals surface area contributed by atoms with E-state index in [2.05, 4.69) is 34.1 Å². The maximum atomic E-state index is 13.0. The van der Waals surface area contributed by atoms with Crippen LogP contribution in [0.15, 0.2) is 88.7 Å². The molecule has 0 aromatic heterocycles. The first-order valence-corrected chi connectivity index (χ1v) is 12.2. The van der Waals surface area contributed by atoms with Gasteiger partial charge in [-0.1, -0.05) is 48.5 Å². The van der Waals surface area contributed by atoms with Gasteiger partial charge in [-0.2, -0.15) is 0 Å². The van der Waals surface area contributed by atoms with Crippen molar-refractivity contribution in [3.63, 3.8) is 0 Å². The number of benzene rings is 3. The van der Waals surface area contributed by atoms with E-state index in [4.69, 9.17) is 4.74 Å². The summed E-state index contributed by atoms with van der Waals surface area (Å²) in [6, 6.07) is 24.8. The molecular formula is C25H26N2O3S. The number of anilines is 1. The zero-order valence-corrected chi connectivity index (χ0v) is 18.2. The second kappa shape index (κ2) is 8.36. The Labute approximate surface area is 183 Å². The first-order valence-electron chi connectivity index (χ1n) is 10.7. The molecular weight excluding hydrogens is 408 g/mol. The lowest BCUT2D eigenvalue weighted by atomic mass is 10.1. The molecule has 0 N–H and O–H groups in total. The van der Waals surface area contributed by atoms with Crippen molar-refractivity contribution in [3.05, 3.63) is 84.4 Å². The Morgan fingerprint density at radius 1 is 0.871 bits per heavy atom. The normalized spacial score (nSPS) is 19.1. The van der Waals surface area contributed by atoms with Gasteiger partial charge in [0.15, 0.2) is 0 Å². The third kappa shape index (κ3) is 4.05. The van der Waals surface area contributed by atoms with Crippen LogP contribution in [0.5, 0.6) is 5.75 Å². The molecule has 5 nitrogen and oxygen atoms in total. The van der Waals surface area contributed by atoms with Crippen LogP contribution in [-0.2, 0) is 16.4 Å². The molecule has 6 heteroatoms. The molecule has 0 amide bonds. The molecule has 160 valence electrons. The Bertz CT molecular complexity index is 1150. The number of fused-ring (bicyclic) bond motifs is 1. The number of rotatable bonds is 5. The van der Waals surface area contributed by atoms with Crippen molar-refractivity contribution in [1.82, 2.24) is 4.90 Å². The minimum absolute atomic E-state index is 0.274. The Hall–Kier alpha value is -2.83. The Balaban J connectivity index is 1.35. The van der Waals surface area contributed by atoms with E-state index in [1.807, 2.05) is 18.2 Å². The van der Waals surface area contributed by atoms with Gasteiger partial charge < -0.3 is 9.64 Å². The highest BCUT2D eigenvalue weighted by atomic mass is 32.2. The molecule has 1 atom stereocenters. The van der Waals surface area contributed by atoms with Crippen molar-refractivity contribution in [3.8, 4) is 5.75 Å². The largest absolute Gasteiger partial charge is 0.490 e. The predicted molar refractivity (Wildman–Crippen MR) is 121 cm³/mol. The van der Waals surface area contributed by atoms with E-state index in [0.29, 0.717) is 23.3 Å². The second-order valence-corrected chi connectivity index (χ2v) is 10.1. The highest BCUT2D eigenvalue weighted by molar-refractivity contribution is 7.91. The smallest absolute Gasteiger partial charge is 0.206 e. The molecule has 0 aliphatic carbocycles. The van der Waals surface area contributed by atoms with Crippen LogP contribution in [0.2, 0.25) is 0 Å².